The normalized spacial score (nSPS) is 10.5. The zero-order valence-electron chi connectivity index (χ0n) is 18.9. The molecule has 0 radical (unpaired) electrons. The number of carbonyl (C=O) groups excluding carboxylic acids is 1. The summed E-state index contributed by atoms with van der Waals surface area (Å²) < 4.78 is 23.0. The largest absolute Gasteiger partial charge is 0.492 e. The fourth-order valence-electron chi connectivity index (χ4n) is 3.15. The molecule has 0 aliphatic carbocycles. The molecule has 30 heavy (non-hydrogen) atoms. The molecule has 0 unspecified atom stereocenters. The van der Waals surface area contributed by atoms with Crippen molar-refractivity contribution in [2.24, 2.45) is 0 Å². The molecule has 0 aromatic heterocycles. The number of aryl methyl sites for hydroxylation is 2. The van der Waals surface area contributed by atoms with E-state index in [0.717, 1.165) is 16.9 Å². The van der Waals surface area contributed by atoms with Gasteiger partial charge in [0.15, 0.2) is 11.5 Å². The Hall–Kier alpha value is -2.89. The molecule has 6 heteroatoms. The van der Waals surface area contributed by atoms with Crippen molar-refractivity contribution >= 4 is 5.91 Å². The summed E-state index contributed by atoms with van der Waals surface area (Å²) in [7, 11) is 1.75. The standard InChI is InChI=1S/C24H33NO5/c1-7-27-21-15-19(16-22(28-8-2)23(21)29-9-3)24(26)25(6)10-11-30-20-13-17(4)12-18(5)14-20/h12-16H,7-11H2,1-6H3. The molecule has 164 valence electrons. The zero-order valence-corrected chi connectivity index (χ0v) is 18.9. The highest BCUT2D eigenvalue weighted by Gasteiger charge is 2.20. The van der Waals surface area contributed by atoms with Gasteiger partial charge >= 0.3 is 0 Å². The van der Waals surface area contributed by atoms with Crippen molar-refractivity contribution in [3.05, 3.63) is 47.0 Å². The van der Waals surface area contributed by atoms with Crippen LogP contribution in [0.3, 0.4) is 0 Å². The number of ether oxygens (including phenoxy) is 4. The van der Waals surface area contributed by atoms with Gasteiger partial charge < -0.3 is 23.8 Å². The van der Waals surface area contributed by atoms with E-state index in [9.17, 15) is 4.79 Å². The van der Waals surface area contributed by atoms with Crippen molar-refractivity contribution in [1.82, 2.24) is 4.90 Å². The van der Waals surface area contributed by atoms with E-state index in [2.05, 4.69) is 6.07 Å². The third kappa shape index (κ3) is 6.31. The molecule has 0 saturated carbocycles. The van der Waals surface area contributed by atoms with Gasteiger partial charge in [0.25, 0.3) is 5.91 Å². The Morgan fingerprint density at radius 1 is 0.800 bits per heavy atom. The molecule has 0 heterocycles. The third-order valence-electron chi connectivity index (χ3n) is 4.39. The fraction of sp³-hybridized carbons (Fsp3) is 0.458. The molecule has 2 rings (SSSR count). The summed E-state index contributed by atoms with van der Waals surface area (Å²) in [5, 5.41) is 0. The van der Waals surface area contributed by atoms with Gasteiger partial charge in [0.1, 0.15) is 12.4 Å². The van der Waals surface area contributed by atoms with Gasteiger partial charge in [-0.05, 0) is 70.0 Å². The first-order chi connectivity index (χ1) is 14.4. The van der Waals surface area contributed by atoms with Gasteiger partial charge in [-0.2, -0.15) is 0 Å². The number of benzene rings is 2. The second-order valence-corrected chi connectivity index (χ2v) is 7.00. The first-order valence-corrected chi connectivity index (χ1v) is 10.4. The SMILES string of the molecule is CCOc1cc(C(=O)N(C)CCOc2cc(C)cc(C)c2)cc(OCC)c1OCC. The van der Waals surface area contributed by atoms with Crippen LogP contribution in [-0.2, 0) is 0 Å². The van der Waals surface area contributed by atoms with Crippen LogP contribution in [0.25, 0.3) is 0 Å². The second-order valence-electron chi connectivity index (χ2n) is 7.00. The molecule has 0 aliphatic rings. The van der Waals surface area contributed by atoms with Gasteiger partial charge in [0.2, 0.25) is 5.75 Å². The van der Waals surface area contributed by atoms with Crippen LogP contribution < -0.4 is 18.9 Å². The van der Waals surface area contributed by atoms with Gasteiger partial charge in [-0.3, -0.25) is 4.79 Å². The van der Waals surface area contributed by atoms with Gasteiger partial charge in [-0.1, -0.05) is 6.07 Å². The molecule has 0 atom stereocenters. The number of nitrogens with zero attached hydrogens (tertiary/aromatic N) is 1. The summed E-state index contributed by atoms with van der Waals surface area (Å²) in [5.41, 5.74) is 2.78. The van der Waals surface area contributed by atoms with Crippen molar-refractivity contribution in [3.8, 4) is 23.0 Å². The molecule has 0 saturated heterocycles. The van der Waals surface area contributed by atoms with Crippen LogP contribution in [-0.4, -0.2) is 50.8 Å². The molecule has 0 aliphatic heterocycles. The smallest absolute Gasteiger partial charge is 0.253 e. The Labute approximate surface area is 179 Å². The molecule has 0 fully saturated rings. The van der Waals surface area contributed by atoms with E-state index in [0.29, 0.717) is 55.8 Å². The molecular formula is C24H33NO5. The van der Waals surface area contributed by atoms with Crippen LogP contribution in [0.4, 0.5) is 0 Å². The summed E-state index contributed by atoms with van der Waals surface area (Å²) in [6, 6.07) is 9.50. The molecule has 0 spiro atoms. The molecule has 2 aromatic rings. The predicted octanol–water partition coefficient (Wildman–Crippen LogP) is 4.65. The lowest BCUT2D eigenvalue weighted by Gasteiger charge is -2.20. The second kappa shape index (κ2) is 11.3. The van der Waals surface area contributed by atoms with E-state index in [4.69, 9.17) is 18.9 Å². The number of hydrogen-bond acceptors (Lipinski definition) is 5. The van der Waals surface area contributed by atoms with Gasteiger partial charge in [0, 0.05) is 12.6 Å². The predicted molar refractivity (Wildman–Crippen MR) is 118 cm³/mol. The minimum Gasteiger partial charge on any atom is -0.492 e. The van der Waals surface area contributed by atoms with Crippen molar-refractivity contribution < 1.29 is 23.7 Å². The Morgan fingerprint density at radius 3 is 1.83 bits per heavy atom. The highest BCUT2D eigenvalue weighted by atomic mass is 16.5. The first kappa shape index (κ1) is 23.4. The topological polar surface area (TPSA) is 57.2 Å². The van der Waals surface area contributed by atoms with E-state index in [-0.39, 0.29) is 5.91 Å². The minimum atomic E-state index is -0.135. The zero-order chi connectivity index (χ0) is 22.1. The van der Waals surface area contributed by atoms with Gasteiger partial charge in [-0.25, -0.2) is 0 Å². The lowest BCUT2D eigenvalue weighted by atomic mass is 10.1. The van der Waals surface area contributed by atoms with E-state index in [1.165, 1.54) is 0 Å². The maximum atomic E-state index is 13.0. The van der Waals surface area contributed by atoms with Crippen molar-refractivity contribution in [2.45, 2.75) is 34.6 Å². The van der Waals surface area contributed by atoms with E-state index in [1.54, 1.807) is 24.1 Å². The Balaban J connectivity index is 2.13. The summed E-state index contributed by atoms with van der Waals surface area (Å²) in [6.07, 6.45) is 0. The fourth-order valence-corrected chi connectivity index (χ4v) is 3.15. The maximum Gasteiger partial charge on any atom is 0.253 e. The number of hydrogen-bond donors (Lipinski definition) is 0. The summed E-state index contributed by atoms with van der Waals surface area (Å²) in [5.74, 6) is 2.22. The summed E-state index contributed by atoms with van der Waals surface area (Å²) in [4.78, 5) is 14.6. The Kier molecular flexibility index (Phi) is 8.84. The van der Waals surface area contributed by atoms with E-state index >= 15 is 0 Å². The Bertz CT molecular complexity index is 802. The molecule has 0 bridgehead atoms. The average molecular weight is 416 g/mol. The number of rotatable bonds is 11. The van der Waals surface area contributed by atoms with Crippen LogP contribution in [0.2, 0.25) is 0 Å². The first-order valence-electron chi connectivity index (χ1n) is 10.4. The van der Waals surface area contributed by atoms with E-state index < -0.39 is 0 Å². The monoisotopic (exact) mass is 415 g/mol. The summed E-state index contributed by atoms with van der Waals surface area (Å²) >= 11 is 0. The van der Waals surface area contributed by atoms with Crippen LogP contribution in [0.1, 0.15) is 42.3 Å². The van der Waals surface area contributed by atoms with Gasteiger partial charge in [0.05, 0.1) is 26.4 Å². The lowest BCUT2D eigenvalue weighted by Crippen LogP contribution is -2.31. The van der Waals surface area contributed by atoms with E-state index in [1.807, 2.05) is 46.8 Å². The molecule has 6 nitrogen and oxygen atoms in total. The number of likely N-dealkylation sites (N-methyl/N-ethyl adjacent to an activating group) is 1. The van der Waals surface area contributed by atoms with Crippen LogP contribution in [0, 0.1) is 13.8 Å². The lowest BCUT2D eigenvalue weighted by molar-refractivity contribution is 0.0772. The highest BCUT2D eigenvalue weighted by molar-refractivity contribution is 5.95. The molecule has 0 N–H and O–H groups in total. The molecule has 1 amide bonds. The Morgan fingerprint density at radius 2 is 1.33 bits per heavy atom. The third-order valence-corrected chi connectivity index (χ3v) is 4.39. The minimum absolute atomic E-state index is 0.135. The van der Waals surface area contributed by atoms with Crippen molar-refractivity contribution in [2.75, 3.05) is 40.0 Å². The van der Waals surface area contributed by atoms with Crippen LogP contribution >= 0.6 is 0 Å². The van der Waals surface area contributed by atoms with Crippen LogP contribution in [0.15, 0.2) is 30.3 Å². The van der Waals surface area contributed by atoms with Crippen molar-refractivity contribution in [3.63, 3.8) is 0 Å². The van der Waals surface area contributed by atoms with Crippen molar-refractivity contribution in [1.29, 1.82) is 0 Å². The van der Waals surface area contributed by atoms with Crippen LogP contribution in [0.5, 0.6) is 23.0 Å². The molecular weight excluding hydrogens is 382 g/mol. The summed E-state index contributed by atoms with van der Waals surface area (Å²) in [6.45, 7) is 12.0. The average Bonchev–Trinajstić information content (AvgIpc) is 2.69. The maximum absolute atomic E-state index is 13.0. The highest BCUT2D eigenvalue weighted by Crippen LogP contribution is 2.39. The van der Waals surface area contributed by atoms with Gasteiger partial charge in [-0.15, -0.1) is 0 Å². The quantitative estimate of drug-likeness (QED) is 0.535. The number of carbonyl (C=O) groups is 1. The molecule has 2 aromatic carbocycles. The number of amides is 1.